The van der Waals surface area contributed by atoms with E-state index in [-0.39, 0.29) is 11.9 Å². The van der Waals surface area contributed by atoms with Gasteiger partial charge in [-0.15, -0.1) is 11.3 Å². The van der Waals surface area contributed by atoms with Crippen molar-refractivity contribution >= 4 is 17.2 Å². The number of rotatable bonds is 3. The van der Waals surface area contributed by atoms with Gasteiger partial charge in [-0.25, -0.2) is 4.98 Å². The van der Waals surface area contributed by atoms with Crippen molar-refractivity contribution in [1.29, 1.82) is 0 Å². The van der Waals surface area contributed by atoms with Crippen molar-refractivity contribution in [2.75, 3.05) is 7.05 Å². The van der Waals surface area contributed by atoms with Crippen molar-refractivity contribution in [3.05, 3.63) is 23.5 Å². The lowest BCUT2D eigenvalue weighted by Gasteiger charge is -2.19. The van der Waals surface area contributed by atoms with Gasteiger partial charge in [-0.1, -0.05) is 0 Å². The molecule has 0 spiro atoms. The first kappa shape index (κ1) is 12.8. The zero-order valence-electron chi connectivity index (χ0n) is 10.9. The van der Waals surface area contributed by atoms with Gasteiger partial charge in [0.2, 0.25) is 0 Å². The van der Waals surface area contributed by atoms with Crippen molar-refractivity contribution in [3.63, 3.8) is 0 Å². The van der Waals surface area contributed by atoms with Gasteiger partial charge in [0.1, 0.15) is 10.7 Å². The Morgan fingerprint density at radius 1 is 1.50 bits per heavy atom. The van der Waals surface area contributed by atoms with Crippen molar-refractivity contribution in [1.82, 2.24) is 19.7 Å². The second-order valence-electron chi connectivity index (χ2n) is 4.45. The fraction of sp³-hybridized carbons (Fsp3) is 0.417. The molecule has 0 saturated heterocycles. The van der Waals surface area contributed by atoms with Crippen LogP contribution < -0.4 is 0 Å². The summed E-state index contributed by atoms with van der Waals surface area (Å²) in [6.45, 7) is 3.96. The summed E-state index contributed by atoms with van der Waals surface area (Å²) < 4.78 is 1.72. The number of aryl methyl sites for hydroxylation is 1. The van der Waals surface area contributed by atoms with Crippen molar-refractivity contribution < 1.29 is 4.79 Å². The lowest BCUT2D eigenvalue weighted by Crippen LogP contribution is -2.33. The summed E-state index contributed by atoms with van der Waals surface area (Å²) in [4.78, 5) is 18.1. The Bertz CT molecular complexity index is 558. The number of hydrogen-bond acceptors (Lipinski definition) is 4. The zero-order chi connectivity index (χ0) is 13.3. The summed E-state index contributed by atoms with van der Waals surface area (Å²) >= 11 is 1.46. The van der Waals surface area contributed by atoms with Crippen LogP contribution in [0.4, 0.5) is 0 Å². The van der Waals surface area contributed by atoms with E-state index in [2.05, 4.69) is 10.1 Å². The lowest BCUT2D eigenvalue weighted by molar-refractivity contribution is 0.0750. The maximum absolute atomic E-state index is 12.1. The molecule has 2 heterocycles. The van der Waals surface area contributed by atoms with Gasteiger partial charge in [-0.3, -0.25) is 9.48 Å². The molecule has 0 atom stereocenters. The average Bonchev–Trinajstić information content (AvgIpc) is 2.95. The second-order valence-corrected chi connectivity index (χ2v) is 5.31. The summed E-state index contributed by atoms with van der Waals surface area (Å²) in [6.07, 6.45) is 3.64. The van der Waals surface area contributed by atoms with E-state index in [1.807, 2.05) is 27.1 Å². The van der Waals surface area contributed by atoms with E-state index in [0.717, 1.165) is 10.6 Å². The first-order valence-electron chi connectivity index (χ1n) is 5.70. The third-order valence-electron chi connectivity index (χ3n) is 2.77. The minimum absolute atomic E-state index is 0.0450. The van der Waals surface area contributed by atoms with Gasteiger partial charge in [-0.05, 0) is 13.8 Å². The second kappa shape index (κ2) is 4.89. The largest absolute Gasteiger partial charge is 0.338 e. The van der Waals surface area contributed by atoms with Crippen LogP contribution in [0.3, 0.4) is 0 Å². The molecule has 0 N–H and O–H groups in total. The number of nitrogens with zero attached hydrogens (tertiary/aromatic N) is 4. The van der Waals surface area contributed by atoms with Gasteiger partial charge in [-0.2, -0.15) is 5.10 Å². The van der Waals surface area contributed by atoms with E-state index >= 15 is 0 Å². The molecule has 0 aliphatic carbocycles. The molecule has 0 saturated carbocycles. The highest BCUT2D eigenvalue weighted by Gasteiger charge is 2.18. The van der Waals surface area contributed by atoms with E-state index in [4.69, 9.17) is 0 Å². The number of amides is 1. The lowest BCUT2D eigenvalue weighted by atomic mass is 10.3. The smallest absolute Gasteiger partial charge is 0.273 e. The molecular formula is C12H16N4OS. The molecule has 0 aromatic carbocycles. The summed E-state index contributed by atoms with van der Waals surface area (Å²) in [5.74, 6) is -0.0450. The molecule has 0 aliphatic heterocycles. The SMILES string of the molecule is CC(C)N(C)C(=O)c1csc(-c2cnn(C)c2)n1. The van der Waals surface area contributed by atoms with Gasteiger partial charge < -0.3 is 4.90 Å². The summed E-state index contributed by atoms with van der Waals surface area (Å²) in [5.41, 5.74) is 1.43. The van der Waals surface area contributed by atoms with Crippen LogP contribution in [0.5, 0.6) is 0 Å². The molecule has 6 heteroatoms. The Hall–Kier alpha value is -1.69. The van der Waals surface area contributed by atoms with Gasteiger partial charge in [0.15, 0.2) is 0 Å². The van der Waals surface area contributed by atoms with Gasteiger partial charge in [0.25, 0.3) is 5.91 Å². The van der Waals surface area contributed by atoms with E-state index in [0.29, 0.717) is 5.69 Å². The monoisotopic (exact) mass is 264 g/mol. The highest BCUT2D eigenvalue weighted by Crippen LogP contribution is 2.23. The van der Waals surface area contributed by atoms with Crippen LogP contribution in [-0.4, -0.2) is 38.7 Å². The highest BCUT2D eigenvalue weighted by molar-refractivity contribution is 7.13. The molecule has 2 aromatic rings. The van der Waals surface area contributed by atoms with Crippen LogP contribution in [-0.2, 0) is 7.05 Å². The van der Waals surface area contributed by atoms with E-state index < -0.39 is 0 Å². The zero-order valence-corrected chi connectivity index (χ0v) is 11.7. The normalized spacial score (nSPS) is 10.9. The average molecular weight is 264 g/mol. The maximum atomic E-state index is 12.1. The number of thiazole rings is 1. The fourth-order valence-corrected chi connectivity index (χ4v) is 2.22. The Balaban J connectivity index is 2.23. The molecule has 18 heavy (non-hydrogen) atoms. The molecule has 0 fully saturated rings. The Labute approximate surface area is 110 Å². The number of carbonyl (C=O) groups excluding carboxylic acids is 1. The van der Waals surface area contributed by atoms with Crippen LogP contribution in [0.2, 0.25) is 0 Å². The summed E-state index contributed by atoms with van der Waals surface area (Å²) in [5, 5.41) is 6.72. The minimum atomic E-state index is -0.0450. The molecule has 0 aliphatic rings. The molecule has 5 nitrogen and oxygen atoms in total. The molecule has 0 radical (unpaired) electrons. The van der Waals surface area contributed by atoms with E-state index in [9.17, 15) is 4.79 Å². The minimum Gasteiger partial charge on any atom is -0.338 e. The van der Waals surface area contributed by atoms with Crippen LogP contribution in [0.15, 0.2) is 17.8 Å². The molecule has 2 rings (SSSR count). The van der Waals surface area contributed by atoms with Crippen molar-refractivity contribution in [2.45, 2.75) is 19.9 Å². The van der Waals surface area contributed by atoms with E-state index in [1.54, 1.807) is 28.2 Å². The number of aromatic nitrogens is 3. The summed E-state index contributed by atoms with van der Waals surface area (Å²) in [7, 11) is 3.64. The first-order chi connectivity index (χ1) is 8.49. The molecule has 1 amide bonds. The molecular weight excluding hydrogens is 248 g/mol. The summed E-state index contributed by atoms with van der Waals surface area (Å²) in [6, 6.07) is 0.168. The third kappa shape index (κ3) is 2.43. The fourth-order valence-electron chi connectivity index (χ4n) is 1.45. The third-order valence-corrected chi connectivity index (χ3v) is 3.66. The Morgan fingerprint density at radius 3 is 2.78 bits per heavy atom. The van der Waals surface area contributed by atoms with Gasteiger partial charge in [0, 0.05) is 37.3 Å². The molecule has 0 bridgehead atoms. The van der Waals surface area contributed by atoms with Crippen LogP contribution >= 0.6 is 11.3 Å². The topological polar surface area (TPSA) is 51.0 Å². The Morgan fingerprint density at radius 2 is 2.22 bits per heavy atom. The van der Waals surface area contributed by atoms with Crippen molar-refractivity contribution in [3.8, 4) is 10.6 Å². The predicted octanol–water partition coefficient (Wildman–Crippen LogP) is 2.02. The standard InChI is InChI=1S/C12H16N4OS/c1-8(2)16(4)12(17)10-7-18-11(14-10)9-5-13-15(3)6-9/h5-8H,1-4H3. The molecule has 2 aromatic heterocycles. The number of hydrogen-bond donors (Lipinski definition) is 0. The van der Waals surface area contributed by atoms with E-state index in [1.165, 1.54) is 11.3 Å². The van der Waals surface area contributed by atoms with Gasteiger partial charge in [0.05, 0.1) is 6.20 Å². The van der Waals surface area contributed by atoms with Crippen LogP contribution in [0.25, 0.3) is 10.6 Å². The maximum Gasteiger partial charge on any atom is 0.273 e. The first-order valence-corrected chi connectivity index (χ1v) is 6.58. The predicted molar refractivity (Wildman–Crippen MR) is 71.5 cm³/mol. The van der Waals surface area contributed by atoms with Gasteiger partial charge >= 0.3 is 0 Å². The Kier molecular flexibility index (Phi) is 3.47. The quantitative estimate of drug-likeness (QED) is 0.852. The highest BCUT2D eigenvalue weighted by atomic mass is 32.1. The van der Waals surface area contributed by atoms with Crippen LogP contribution in [0, 0.1) is 0 Å². The van der Waals surface area contributed by atoms with Crippen molar-refractivity contribution in [2.24, 2.45) is 7.05 Å². The number of carbonyl (C=O) groups is 1. The molecule has 0 unspecified atom stereocenters. The molecule has 96 valence electrons. The van der Waals surface area contributed by atoms with Crippen LogP contribution in [0.1, 0.15) is 24.3 Å².